The summed E-state index contributed by atoms with van der Waals surface area (Å²) in [4.78, 5) is 15.1. The number of hydrogen-bond donors (Lipinski definition) is 1. The second-order valence-electron chi connectivity index (χ2n) is 6.22. The highest BCUT2D eigenvalue weighted by molar-refractivity contribution is 5.99. The van der Waals surface area contributed by atoms with Crippen molar-refractivity contribution in [2.75, 3.05) is 26.2 Å². The minimum Gasteiger partial charge on any atom is -0.351 e. The fourth-order valence-electron chi connectivity index (χ4n) is 3.26. The molecule has 118 valence electrons. The van der Waals surface area contributed by atoms with Gasteiger partial charge in [0.05, 0.1) is 6.54 Å². The lowest BCUT2D eigenvalue weighted by atomic mass is 10.0. The molecule has 0 spiro atoms. The van der Waals surface area contributed by atoms with Crippen molar-refractivity contribution in [2.45, 2.75) is 46.1 Å². The summed E-state index contributed by atoms with van der Waals surface area (Å²) in [7, 11) is 2.03. The van der Waals surface area contributed by atoms with Gasteiger partial charge in [0.2, 0.25) is 0 Å². The van der Waals surface area contributed by atoms with Crippen molar-refractivity contribution in [3.8, 4) is 0 Å². The summed E-state index contributed by atoms with van der Waals surface area (Å²) in [6.45, 7) is 10.0. The Kier molecular flexibility index (Phi) is 5.59. The lowest BCUT2D eigenvalue weighted by Gasteiger charge is -2.34. The molecular weight excluding hydrogens is 262 g/mol. The van der Waals surface area contributed by atoms with Crippen LogP contribution in [-0.2, 0) is 7.05 Å². The largest absolute Gasteiger partial charge is 0.351 e. The zero-order valence-corrected chi connectivity index (χ0v) is 13.9. The monoisotopic (exact) mass is 291 g/mol. The Hall–Kier alpha value is -1.13. The Balaban J connectivity index is 2.08. The summed E-state index contributed by atoms with van der Waals surface area (Å²) in [6.07, 6.45) is 3.41. The third-order valence-electron chi connectivity index (χ3n) is 4.76. The molecule has 2 rings (SSSR count). The zero-order chi connectivity index (χ0) is 15.4. The second kappa shape index (κ2) is 7.23. The summed E-state index contributed by atoms with van der Waals surface area (Å²) < 4.78 is 2.10. The summed E-state index contributed by atoms with van der Waals surface area (Å²) in [6, 6.07) is 2.59. The van der Waals surface area contributed by atoms with Crippen LogP contribution >= 0.6 is 0 Å². The Morgan fingerprint density at radius 3 is 2.57 bits per heavy atom. The van der Waals surface area contributed by atoms with Crippen LogP contribution in [0.5, 0.6) is 0 Å². The molecule has 2 heterocycles. The number of rotatable bonds is 6. The van der Waals surface area contributed by atoms with Gasteiger partial charge >= 0.3 is 0 Å². The molecule has 1 aliphatic heterocycles. The topological polar surface area (TPSA) is 37.3 Å². The van der Waals surface area contributed by atoms with Crippen molar-refractivity contribution < 1.29 is 4.79 Å². The number of nitrogens with one attached hydrogen (secondary N) is 1. The molecule has 4 nitrogen and oxygen atoms in total. The molecule has 4 heteroatoms. The van der Waals surface area contributed by atoms with E-state index in [2.05, 4.69) is 28.6 Å². The SMILES string of the molecule is CCCN(CC(=O)c1cc(C)n(C)c1C)C1CCNCC1. The van der Waals surface area contributed by atoms with Crippen molar-refractivity contribution in [3.05, 3.63) is 23.0 Å². The van der Waals surface area contributed by atoms with E-state index in [1.807, 2.05) is 20.0 Å². The molecule has 0 radical (unpaired) electrons. The Labute approximate surface area is 128 Å². The van der Waals surface area contributed by atoms with Gasteiger partial charge in [-0.1, -0.05) is 6.92 Å². The highest BCUT2D eigenvalue weighted by Crippen LogP contribution is 2.17. The van der Waals surface area contributed by atoms with Gasteiger partial charge < -0.3 is 9.88 Å². The molecule has 1 N–H and O–H groups in total. The van der Waals surface area contributed by atoms with Gasteiger partial charge in [-0.05, 0) is 58.8 Å². The quantitative estimate of drug-likeness (QED) is 0.817. The van der Waals surface area contributed by atoms with Crippen LogP contribution in [0.3, 0.4) is 0 Å². The first-order valence-electron chi connectivity index (χ1n) is 8.15. The van der Waals surface area contributed by atoms with Crippen LogP contribution in [0.15, 0.2) is 6.07 Å². The summed E-state index contributed by atoms with van der Waals surface area (Å²) in [5.74, 6) is 0.267. The minimum absolute atomic E-state index is 0.267. The van der Waals surface area contributed by atoms with Crippen LogP contribution in [0, 0.1) is 13.8 Å². The Morgan fingerprint density at radius 1 is 1.38 bits per heavy atom. The Bertz CT molecular complexity index is 486. The number of aryl methyl sites for hydroxylation is 1. The first kappa shape index (κ1) is 16.2. The molecule has 21 heavy (non-hydrogen) atoms. The number of ketones is 1. The molecule has 1 fully saturated rings. The first-order valence-corrected chi connectivity index (χ1v) is 8.15. The van der Waals surface area contributed by atoms with Crippen molar-refractivity contribution >= 4 is 5.78 Å². The molecule has 0 saturated carbocycles. The van der Waals surface area contributed by atoms with Crippen molar-refractivity contribution in [2.24, 2.45) is 7.05 Å². The van der Waals surface area contributed by atoms with E-state index in [-0.39, 0.29) is 5.78 Å². The fraction of sp³-hybridized carbons (Fsp3) is 0.706. The third kappa shape index (κ3) is 3.74. The summed E-state index contributed by atoms with van der Waals surface area (Å²) in [5, 5.41) is 3.40. The molecule has 0 aromatic carbocycles. The van der Waals surface area contributed by atoms with Crippen molar-refractivity contribution in [1.29, 1.82) is 0 Å². The smallest absolute Gasteiger partial charge is 0.178 e. The van der Waals surface area contributed by atoms with Gasteiger partial charge in [-0.2, -0.15) is 0 Å². The maximum atomic E-state index is 12.7. The number of carbonyl (C=O) groups excluding carboxylic acids is 1. The van der Waals surface area contributed by atoms with E-state index >= 15 is 0 Å². The number of carbonyl (C=O) groups is 1. The van der Waals surface area contributed by atoms with Crippen molar-refractivity contribution in [1.82, 2.24) is 14.8 Å². The number of piperidine rings is 1. The third-order valence-corrected chi connectivity index (χ3v) is 4.76. The average molecular weight is 291 g/mol. The van der Waals surface area contributed by atoms with Crippen LogP contribution in [0.4, 0.5) is 0 Å². The molecule has 1 saturated heterocycles. The van der Waals surface area contributed by atoms with Crippen LogP contribution in [0.25, 0.3) is 0 Å². The van der Waals surface area contributed by atoms with Gasteiger partial charge in [-0.25, -0.2) is 0 Å². The van der Waals surface area contributed by atoms with E-state index in [4.69, 9.17) is 0 Å². The highest BCUT2D eigenvalue weighted by atomic mass is 16.1. The molecular formula is C17H29N3O. The van der Waals surface area contributed by atoms with Crippen LogP contribution in [0.1, 0.15) is 47.9 Å². The predicted molar refractivity (Wildman–Crippen MR) is 87.0 cm³/mol. The van der Waals surface area contributed by atoms with Crippen LogP contribution in [0.2, 0.25) is 0 Å². The van der Waals surface area contributed by atoms with E-state index in [9.17, 15) is 4.79 Å². The van der Waals surface area contributed by atoms with Crippen LogP contribution < -0.4 is 5.32 Å². The van der Waals surface area contributed by atoms with Gasteiger partial charge in [0, 0.05) is 30.0 Å². The van der Waals surface area contributed by atoms with E-state index in [0.717, 1.165) is 55.8 Å². The summed E-state index contributed by atoms with van der Waals surface area (Å²) in [5.41, 5.74) is 3.13. The lowest BCUT2D eigenvalue weighted by molar-refractivity contribution is 0.0864. The predicted octanol–water partition coefficient (Wildman–Crippen LogP) is 2.29. The molecule has 1 aliphatic rings. The fourth-order valence-corrected chi connectivity index (χ4v) is 3.26. The van der Waals surface area contributed by atoms with E-state index in [1.165, 1.54) is 0 Å². The maximum absolute atomic E-state index is 12.7. The minimum atomic E-state index is 0.267. The standard InChI is InChI=1S/C17H29N3O/c1-5-10-20(15-6-8-18-9-7-15)12-17(21)16-11-13(2)19(4)14(16)3/h11,15,18H,5-10,12H2,1-4H3. The molecule has 0 bridgehead atoms. The van der Waals surface area contributed by atoms with E-state index in [1.54, 1.807) is 0 Å². The van der Waals surface area contributed by atoms with Gasteiger partial charge in [-0.15, -0.1) is 0 Å². The normalized spacial score (nSPS) is 16.6. The van der Waals surface area contributed by atoms with Crippen molar-refractivity contribution in [3.63, 3.8) is 0 Å². The Morgan fingerprint density at radius 2 is 2.05 bits per heavy atom. The molecule has 0 atom stereocenters. The van der Waals surface area contributed by atoms with E-state index < -0.39 is 0 Å². The molecule has 0 unspecified atom stereocenters. The highest BCUT2D eigenvalue weighted by Gasteiger charge is 2.24. The lowest BCUT2D eigenvalue weighted by Crippen LogP contribution is -2.45. The molecule has 0 amide bonds. The molecule has 1 aromatic rings. The number of Topliss-reactive ketones (excluding diaryl/α,β-unsaturated/α-hetero) is 1. The van der Waals surface area contributed by atoms with Gasteiger partial charge in [0.25, 0.3) is 0 Å². The number of aromatic nitrogens is 1. The number of hydrogen-bond acceptors (Lipinski definition) is 3. The second-order valence-corrected chi connectivity index (χ2v) is 6.22. The number of nitrogens with zero attached hydrogens (tertiary/aromatic N) is 2. The average Bonchev–Trinajstić information content (AvgIpc) is 2.75. The van der Waals surface area contributed by atoms with E-state index in [0.29, 0.717) is 12.6 Å². The first-order chi connectivity index (χ1) is 10.0. The molecule has 1 aromatic heterocycles. The zero-order valence-electron chi connectivity index (χ0n) is 13.9. The van der Waals surface area contributed by atoms with Crippen LogP contribution in [-0.4, -0.2) is 47.5 Å². The maximum Gasteiger partial charge on any atom is 0.178 e. The van der Waals surface area contributed by atoms with Gasteiger partial charge in [0.15, 0.2) is 5.78 Å². The summed E-state index contributed by atoms with van der Waals surface area (Å²) >= 11 is 0. The molecule has 0 aliphatic carbocycles. The van der Waals surface area contributed by atoms with Gasteiger partial charge in [-0.3, -0.25) is 9.69 Å². The van der Waals surface area contributed by atoms with Gasteiger partial charge in [0.1, 0.15) is 0 Å².